The quantitative estimate of drug-likeness (QED) is 0.387. The van der Waals surface area contributed by atoms with Gasteiger partial charge in [0.25, 0.3) is 0 Å². The van der Waals surface area contributed by atoms with Crippen LogP contribution in [0.5, 0.6) is 5.75 Å². The molecule has 1 N–H and O–H groups in total. The number of ketones is 1. The molecule has 2 rings (SSSR count). The molecule has 0 bridgehead atoms. The molecule has 1 aliphatic rings. The van der Waals surface area contributed by atoms with Crippen LogP contribution in [0.15, 0.2) is 36.4 Å². The van der Waals surface area contributed by atoms with Gasteiger partial charge in [0.1, 0.15) is 5.75 Å². The zero-order valence-electron chi connectivity index (χ0n) is 17.1. The lowest BCUT2D eigenvalue weighted by Gasteiger charge is -2.22. The van der Waals surface area contributed by atoms with Crippen molar-refractivity contribution in [2.24, 2.45) is 0 Å². The van der Waals surface area contributed by atoms with Crippen molar-refractivity contribution in [3.63, 3.8) is 0 Å². The van der Waals surface area contributed by atoms with Crippen LogP contribution in [0.1, 0.15) is 50.5 Å². The molecule has 0 radical (unpaired) electrons. The van der Waals surface area contributed by atoms with Crippen LogP contribution >= 0.6 is 0 Å². The van der Waals surface area contributed by atoms with Gasteiger partial charge in [0, 0.05) is 25.8 Å². The molecule has 9 heteroatoms. The summed E-state index contributed by atoms with van der Waals surface area (Å²) in [6.07, 6.45) is 2.30. The van der Waals surface area contributed by atoms with E-state index >= 15 is 0 Å². The molecule has 1 aromatic rings. The van der Waals surface area contributed by atoms with Crippen molar-refractivity contribution < 1.29 is 37.4 Å². The van der Waals surface area contributed by atoms with Crippen molar-refractivity contribution in [1.82, 2.24) is 4.90 Å². The number of nitrogens with zero attached hydrogens (tertiary/aromatic N) is 1. The van der Waals surface area contributed by atoms with Gasteiger partial charge in [-0.2, -0.15) is 0 Å². The van der Waals surface area contributed by atoms with Crippen LogP contribution in [-0.2, 0) is 20.8 Å². The average molecular weight is 441 g/mol. The molecule has 1 heterocycles. The first-order chi connectivity index (χ1) is 14.6. The molecule has 1 saturated heterocycles. The maximum absolute atomic E-state index is 12.3. The third kappa shape index (κ3) is 9.23. The highest BCUT2D eigenvalue weighted by Gasteiger charge is 2.31. The number of hydrogen-bond donors (Lipinski definition) is 1. The van der Waals surface area contributed by atoms with Gasteiger partial charge >= 0.3 is 12.3 Å². The van der Waals surface area contributed by atoms with Gasteiger partial charge in [0.15, 0.2) is 5.78 Å². The number of aliphatic carboxylic acids is 1. The SMILES string of the molecule is O=C(O)CCCCCCN1C(=O)CCC1/C=C/C(=O)Cc1cccc(OC(F)(F)F)c1. The fourth-order valence-electron chi connectivity index (χ4n) is 3.49. The summed E-state index contributed by atoms with van der Waals surface area (Å²) in [6.45, 7) is 0.548. The minimum absolute atomic E-state index is 0.0182. The van der Waals surface area contributed by atoms with Gasteiger partial charge in [-0.15, -0.1) is 13.2 Å². The van der Waals surface area contributed by atoms with E-state index in [-0.39, 0.29) is 36.3 Å². The summed E-state index contributed by atoms with van der Waals surface area (Å²) in [7, 11) is 0. The molecule has 0 saturated carbocycles. The smallest absolute Gasteiger partial charge is 0.481 e. The van der Waals surface area contributed by atoms with Crippen LogP contribution in [0.4, 0.5) is 13.2 Å². The molecule has 1 aliphatic heterocycles. The molecule has 0 spiro atoms. The highest BCUT2D eigenvalue weighted by molar-refractivity contribution is 5.91. The summed E-state index contributed by atoms with van der Waals surface area (Å²) in [4.78, 5) is 36.6. The number of hydrogen-bond acceptors (Lipinski definition) is 4. The number of unbranched alkanes of at least 4 members (excludes halogenated alkanes) is 3. The Balaban J connectivity index is 1.83. The minimum Gasteiger partial charge on any atom is -0.481 e. The average Bonchev–Trinajstić information content (AvgIpc) is 3.01. The number of benzene rings is 1. The van der Waals surface area contributed by atoms with Crippen LogP contribution in [0.3, 0.4) is 0 Å². The van der Waals surface area contributed by atoms with E-state index in [0.717, 1.165) is 19.3 Å². The van der Waals surface area contributed by atoms with E-state index in [9.17, 15) is 27.6 Å². The summed E-state index contributed by atoms with van der Waals surface area (Å²) in [5, 5.41) is 8.63. The Kier molecular flexibility index (Phi) is 9.08. The maximum Gasteiger partial charge on any atom is 0.573 e. The molecule has 1 aromatic carbocycles. The fourth-order valence-corrected chi connectivity index (χ4v) is 3.49. The Hall–Kier alpha value is -2.84. The lowest BCUT2D eigenvalue weighted by Crippen LogP contribution is -2.32. The number of rotatable bonds is 12. The van der Waals surface area contributed by atoms with Gasteiger partial charge < -0.3 is 14.7 Å². The van der Waals surface area contributed by atoms with Crippen LogP contribution < -0.4 is 4.74 Å². The number of carboxylic acids is 1. The first-order valence-corrected chi connectivity index (χ1v) is 10.2. The summed E-state index contributed by atoms with van der Waals surface area (Å²) < 4.78 is 40.8. The maximum atomic E-state index is 12.3. The second-order valence-corrected chi connectivity index (χ2v) is 7.45. The molecule has 1 atom stereocenters. The number of carbonyl (C=O) groups is 3. The minimum atomic E-state index is -4.79. The van der Waals surface area contributed by atoms with Crippen molar-refractivity contribution >= 4 is 17.7 Å². The zero-order valence-corrected chi connectivity index (χ0v) is 17.1. The molecule has 1 amide bonds. The first kappa shape index (κ1) is 24.4. The largest absolute Gasteiger partial charge is 0.573 e. The van der Waals surface area contributed by atoms with Crippen molar-refractivity contribution in [1.29, 1.82) is 0 Å². The fraction of sp³-hybridized carbons (Fsp3) is 0.500. The van der Waals surface area contributed by atoms with E-state index in [4.69, 9.17) is 5.11 Å². The normalized spacial score (nSPS) is 16.8. The van der Waals surface area contributed by atoms with Gasteiger partial charge in [-0.05, 0) is 43.0 Å². The molecule has 31 heavy (non-hydrogen) atoms. The first-order valence-electron chi connectivity index (χ1n) is 10.2. The number of alkyl halides is 3. The van der Waals surface area contributed by atoms with Crippen molar-refractivity contribution in [3.05, 3.63) is 42.0 Å². The van der Waals surface area contributed by atoms with Gasteiger partial charge in [0.2, 0.25) is 5.91 Å². The van der Waals surface area contributed by atoms with Crippen molar-refractivity contribution in [2.75, 3.05) is 6.54 Å². The molecule has 0 aromatic heterocycles. The van der Waals surface area contributed by atoms with E-state index in [2.05, 4.69) is 4.74 Å². The summed E-state index contributed by atoms with van der Waals surface area (Å²) in [5.41, 5.74) is 0.400. The Morgan fingerprint density at radius 3 is 2.65 bits per heavy atom. The van der Waals surface area contributed by atoms with E-state index in [1.807, 2.05) is 0 Å². The molecule has 0 aliphatic carbocycles. The predicted octanol–water partition coefficient (Wildman–Crippen LogP) is 4.28. The monoisotopic (exact) mass is 441 g/mol. The van der Waals surface area contributed by atoms with E-state index in [1.54, 1.807) is 17.0 Å². The zero-order chi connectivity index (χ0) is 22.9. The number of carboxylic acid groups (broad SMARTS) is 1. The van der Waals surface area contributed by atoms with E-state index < -0.39 is 12.3 Å². The van der Waals surface area contributed by atoms with Crippen LogP contribution in [0.2, 0.25) is 0 Å². The number of halogens is 3. The second-order valence-electron chi connectivity index (χ2n) is 7.45. The molecular formula is C22H26F3NO5. The number of allylic oxidation sites excluding steroid dienone is 1. The van der Waals surface area contributed by atoms with Crippen LogP contribution in [-0.4, -0.2) is 46.6 Å². The van der Waals surface area contributed by atoms with Crippen LogP contribution in [0, 0.1) is 0 Å². The van der Waals surface area contributed by atoms with Gasteiger partial charge in [-0.25, -0.2) is 0 Å². The Morgan fingerprint density at radius 1 is 1.19 bits per heavy atom. The molecule has 1 unspecified atom stereocenters. The molecular weight excluding hydrogens is 415 g/mol. The van der Waals surface area contributed by atoms with E-state index in [1.165, 1.54) is 24.3 Å². The van der Waals surface area contributed by atoms with Crippen molar-refractivity contribution in [2.45, 2.75) is 63.8 Å². The Bertz CT molecular complexity index is 807. The lowest BCUT2D eigenvalue weighted by molar-refractivity contribution is -0.274. The lowest BCUT2D eigenvalue weighted by atomic mass is 10.1. The highest BCUT2D eigenvalue weighted by atomic mass is 19.4. The third-order valence-electron chi connectivity index (χ3n) is 4.93. The van der Waals surface area contributed by atoms with Gasteiger partial charge in [-0.1, -0.05) is 31.1 Å². The Labute approximate surface area is 178 Å². The molecule has 6 nitrogen and oxygen atoms in total. The standard InChI is InChI=1S/C22H26F3NO5/c23-22(24,25)31-19-7-5-6-16(15-19)14-18(27)11-9-17-10-12-20(28)26(17)13-4-2-1-3-8-21(29)30/h5-7,9,11,15,17H,1-4,8,10,12-14H2,(H,29,30)/b11-9+. The van der Waals surface area contributed by atoms with Gasteiger partial charge in [-0.3, -0.25) is 14.4 Å². The molecule has 170 valence electrons. The summed E-state index contributed by atoms with van der Waals surface area (Å²) >= 11 is 0. The Morgan fingerprint density at radius 2 is 1.94 bits per heavy atom. The number of likely N-dealkylation sites (tertiary alicyclic amines) is 1. The molecule has 1 fully saturated rings. The number of amides is 1. The van der Waals surface area contributed by atoms with Crippen molar-refractivity contribution in [3.8, 4) is 5.75 Å². The topological polar surface area (TPSA) is 83.9 Å². The summed E-state index contributed by atoms with van der Waals surface area (Å²) in [6, 6.07) is 5.09. The number of carbonyl (C=O) groups excluding carboxylic acids is 2. The van der Waals surface area contributed by atoms with Crippen LogP contribution in [0.25, 0.3) is 0 Å². The predicted molar refractivity (Wildman–Crippen MR) is 106 cm³/mol. The number of ether oxygens (including phenoxy) is 1. The van der Waals surface area contributed by atoms with Gasteiger partial charge in [0.05, 0.1) is 6.04 Å². The van der Waals surface area contributed by atoms with E-state index in [0.29, 0.717) is 31.4 Å². The summed E-state index contributed by atoms with van der Waals surface area (Å²) in [5.74, 6) is -1.45. The third-order valence-corrected chi connectivity index (χ3v) is 4.93. The highest BCUT2D eigenvalue weighted by Crippen LogP contribution is 2.24. The second kappa shape index (κ2) is 11.5.